The highest BCUT2D eigenvalue weighted by molar-refractivity contribution is 5.10. The van der Waals surface area contributed by atoms with Crippen molar-refractivity contribution in [3.63, 3.8) is 0 Å². The second kappa shape index (κ2) is 8.24. The van der Waals surface area contributed by atoms with Gasteiger partial charge < -0.3 is 15.3 Å². The number of aryl methyl sites for hydroxylation is 1. The van der Waals surface area contributed by atoms with Gasteiger partial charge in [-0.2, -0.15) is 5.10 Å². The van der Waals surface area contributed by atoms with E-state index < -0.39 is 0 Å². The molecule has 2 N–H and O–H groups in total. The molecular formula is C13H26N4O. The summed E-state index contributed by atoms with van der Waals surface area (Å²) < 4.78 is 1.88. The van der Waals surface area contributed by atoms with E-state index in [4.69, 9.17) is 0 Å². The standard InChI is InChI=1S/C13H26N4O/c1-4-16(5-2)8-7-14-13(11-18)12-9-15-17(6-3)10-12/h9-10,13-14,18H,4-8,11H2,1-3H3. The number of aliphatic hydroxyl groups is 1. The van der Waals surface area contributed by atoms with E-state index in [0.717, 1.165) is 38.3 Å². The molecule has 1 atom stereocenters. The lowest BCUT2D eigenvalue weighted by atomic mass is 10.2. The Kier molecular flexibility index (Phi) is 6.93. The fourth-order valence-electron chi connectivity index (χ4n) is 1.96. The minimum atomic E-state index is -0.0131. The number of nitrogens with zero attached hydrogens (tertiary/aromatic N) is 3. The third-order valence-corrected chi connectivity index (χ3v) is 3.28. The van der Waals surface area contributed by atoms with Crippen LogP contribution in [-0.2, 0) is 6.54 Å². The van der Waals surface area contributed by atoms with Crippen LogP contribution in [0.1, 0.15) is 32.4 Å². The number of hydrogen-bond donors (Lipinski definition) is 2. The Morgan fingerprint density at radius 1 is 1.39 bits per heavy atom. The Bertz CT molecular complexity index is 323. The maximum Gasteiger partial charge on any atom is 0.0627 e. The lowest BCUT2D eigenvalue weighted by Crippen LogP contribution is -2.34. The van der Waals surface area contributed by atoms with Gasteiger partial charge in [0.25, 0.3) is 0 Å². The first-order chi connectivity index (χ1) is 8.74. The number of likely N-dealkylation sites (N-methyl/N-ethyl adjacent to an activating group) is 1. The molecule has 0 saturated carbocycles. The maximum absolute atomic E-state index is 9.43. The molecule has 1 heterocycles. The third-order valence-electron chi connectivity index (χ3n) is 3.28. The molecule has 0 bridgehead atoms. The highest BCUT2D eigenvalue weighted by atomic mass is 16.3. The predicted octanol–water partition coefficient (Wildman–Crippen LogP) is 0.868. The third kappa shape index (κ3) is 4.40. The van der Waals surface area contributed by atoms with Gasteiger partial charge in [0.1, 0.15) is 0 Å². The summed E-state index contributed by atoms with van der Waals surface area (Å²) in [5.74, 6) is 0. The molecule has 0 radical (unpaired) electrons. The normalized spacial score (nSPS) is 13.2. The van der Waals surface area contributed by atoms with Crippen LogP contribution in [-0.4, -0.2) is 52.6 Å². The van der Waals surface area contributed by atoms with Crippen molar-refractivity contribution in [1.29, 1.82) is 0 Å². The van der Waals surface area contributed by atoms with Crippen LogP contribution in [0.25, 0.3) is 0 Å². The largest absolute Gasteiger partial charge is 0.394 e. The SMILES string of the molecule is CCN(CC)CCNC(CO)c1cnn(CC)c1. The first-order valence-electron chi connectivity index (χ1n) is 6.84. The fourth-order valence-corrected chi connectivity index (χ4v) is 1.96. The molecule has 0 spiro atoms. The van der Waals surface area contributed by atoms with Gasteiger partial charge in [-0.15, -0.1) is 0 Å². The van der Waals surface area contributed by atoms with Crippen LogP contribution < -0.4 is 5.32 Å². The Morgan fingerprint density at radius 3 is 2.61 bits per heavy atom. The number of rotatable bonds is 9. The van der Waals surface area contributed by atoms with Crippen molar-refractivity contribution in [2.24, 2.45) is 0 Å². The van der Waals surface area contributed by atoms with Crippen LogP contribution in [0.5, 0.6) is 0 Å². The van der Waals surface area contributed by atoms with E-state index >= 15 is 0 Å². The number of nitrogens with one attached hydrogen (secondary N) is 1. The Balaban J connectivity index is 2.42. The summed E-state index contributed by atoms with van der Waals surface area (Å²) in [4.78, 5) is 2.36. The Hall–Kier alpha value is -0.910. The molecule has 5 nitrogen and oxygen atoms in total. The molecule has 0 aromatic carbocycles. The maximum atomic E-state index is 9.43. The van der Waals surface area contributed by atoms with Crippen molar-refractivity contribution in [3.05, 3.63) is 18.0 Å². The van der Waals surface area contributed by atoms with E-state index in [-0.39, 0.29) is 12.6 Å². The molecule has 1 unspecified atom stereocenters. The van der Waals surface area contributed by atoms with Crippen molar-refractivity contribution >= 4 is 0 Å². The first-order valence-corrected chi connectivity index (χ1v) is 6.84. The first kappa shape index (κ1) is 15.1. The monoisotopic (exact) mass is 254 g/mol. The van der Waals surface area contributed by atoms with Crippen LogP contribution >= 0.6 is 0 Å². The zero-order valence-corrected chi connectivity index (χ0v) is 11.8. The van der Waals surface area contributed by atoms with E-state index in [1.54, 1.807) is 0 Å². The summed E-state index contributed by atoms with van der Waals surface area (Å²) in [7, 11) is 0. The molecule has 1 rings (SSSR count). The van der Waals surface area contributed by atoms with Gasteiger partial charge in [0.2, 0.25) is 0 Å². The molecule has 1 aromatic rings. The smallest absolute Gasteiger partial charge is 0.0627 e. The molecule has 5 heteroatoms. The highest BCUT2D eigenvalue weighted by Crippen LogP contribution is 2.10. The molecular weight excluding hydrogens is 228 g/mol. The van der Waals surface area contributed by atoms with Crippen molar-refractivity contribution in [2.75, 3.05) is 32.8 Å². The summed E-state index contributed by atoms with van der Waals surface area (Å²) in [5, 5.41) is 17.0. The quantitative estimate of drug-likeness (QED) is 0.686. The second-order valence-electron chi connectivity index (χ2n) is 4.35. The molecule has 104 valence electrons. The molecule has 0 saturated heterocycles. The average molecular weight is 254 g/mol. The van der Waals surface area contributed by atoms with E-state index in [1.807, 2.05) is 17.1 Å². The Morgan fingerprint density at radius 2 is 2.11 bits per heavy atom. The van der Waals surface area contributed by atoms with Gasteiger partial charge in [0.15, 0.2) is 0 Å². The van der Waals surface area contributed by atoms with E-state index in [1.165, 1.54) is 0 Å². The van der Waals surface area contributed by atoms with Gasteiger partial charge in [-0.3, -0.25) is 4.68 Å². The zero-order valence-electron chi connectivity index (χ0n) is 11.8. The molecule has 0 aliphatic carbocycles. The number of aromatic nitrogens is 2. The van der Waals surface area contributed by atoms with Gasteiger partial charge in [-0.05, 0) is 20.0 Å². The van der Waals surface area contributed by atoms with Gasteiger partial charge >= 0.3 is 0 Å². The summed E-state index contributed by atoms with van der Waals surface area (Å²) >= 11 is 0. The van der Waals surface area contributed by atoms with Crippen LogP contribution in [0.15, 0.2) is 12.4 Å². The molecule has 0 amide bonds. The van der Waals surface area contributed by atoms with Crippen molar-refractivity contribution in [2.45, 2.75) is 33.4 Å². The summed E-state index contributed by atoms with van der Waals surface area (Å²) in [6.07, 6.45) is 3.82. The predicted molar refractivity (Wildman–Crippen MR) is 73.5 cm³/mol. The van der Waals surface area contributed by atoms with Crippen LogP contribution in [0.4, 0.5) is 0 Å². The van der Waals surface area contributed by atoms with E-state index in [0.29, 0.717) is 0 Å². The van der Waals surface area contributed by atoms with Crippen LogP contribution in [0.2, 0.25) is 0 Å². The number of hydrogen-bond acceptors (Lipinski definition) is 4. The van der Waals surface area contributed by atoms with Crippen molar-refractivity contribution < 1.29 is 5.11 Å². The van der Waals surface area contributed by atoms with E-state index in [2.05, 4.69) is 36.1 Å². The molecule has 0 aliphatic heterocycles. The summed E-state index contributed by atoms with van der Waals surface area (Å²) in [6, 6.07) is -0.0131. The van der Waals surface area contributed by atoms with Crippen LogP contribution in [0, 0.1) is 0 Å². The lowest BCUT2D eigenvalue weighted by molar-refractivity contribution is 0.233. The van der Waals surface area contributed by atoms with Crippen molar-refractivity contribution in [3.8, 4) is 0 Å². The lowest BCUT2D eigenvalue weighted by Gasteiger charge is -2.20. The second-order valence-corrected chi connectivity index (χ2v) is 4.35. The molecule has 0 aliphatic rings. The molecule has 1 aromatic heterocycles. The minimum absolute atomic E-state index is 0.0131. The molecule has 18 heavy (non-hydrogen) atoms. The summed E-state index contributed by atoms with van der Waals surface area (Å²) in [6.45, 7) is 11.4. The number of aliphatic hydroxyl groups excluding tert-OH is 1. The van der Waals surface area contributed by atoms with Crippen molar-refractivity contribution in [1.82, 2.24) is 20.0 Å². The zero-order chi connectivity index (χ0) is 13.4. The fraction of sp³-hybridized carbons (Fsp3) is 0.769. The van der Waals surface area contributed by atoms with Crippen LogP contribution in [0.3, 0.4) is 0 Å². The topological polar surface area (TPSA) is 53.3 Å². The summed E-state index contributed by atoms with van der Waals surface area (Å²) in [5.41, 5.74) is 1.05. The van der Waals surface area contributed by atoms with Gasteiger partial charge in [0, 0.05) is 31.4 Å². The van der Waals surface area contributed by atoms with Gasteiger partial charge in [0.05, 0.1) is 18.8 Å². The van der Waals surface area contributed by atoms with E-state index in [9.17, 15) is 5.11 Å². The van der Waals surface area contributed by atoms with Gasteiger partial charge in [-0.1, -0.05) is 13.8 Å². The highest BCUT2D eigenvalue weighted by Gasteiger charge is 2.11. The molecule has 0 fully saturated rings. The Labute approximate surface area is 110 Å². The average Bonchev–Trinajstić information content (AvgIpc) is 2.88. The minimum Gasteiger partial charge on any atom is -0.394 e. The van der Waals surface area contributed by atoms with Gasteiger partial charge in [-0.25, -0.2) is 0 Å².